The summed E-state index contributed by atoms with van der Waals surface area (Å²) < 4.78 is 37.4. The Morgan fingerprint density at radius 2 is 1.94 bits per heavy atom. The van der Waals surface area contributed by atoms with Gasteiger partial charge in [0.2, 0.25) is 0 Å². The summed E-state index contributed by atoms with van der Waals surface area (Å²) >= 11 is 0. The highest BCUT2D eigenvalue weighted by atomic mass is 19.4. The van der Waals surface area contributed by atoms with E-state index in [0.717, 1.165) is 12.1 Å². The molecule has 94 valence electrons. The van der Waals surface area contributed by atoms with Crippen LogP contribution in [0.2, 0.25) is 0 Å². The molecule has 0 saturated heterocycles. The molecule has 0 aliphatic heterocycles. The average molecular weight is 245 g/mol. The third-order valence-electron chi connectivity index (χ3n) is 2.01. The lowest BCUT2D eigenvalue weighted by Gasteiger charge is -2.09. The second-order valence-electron chi connectivity index (χ2n) is 3.91. The van der Waals surface area contributed by atoms with Crippen LogP contribution in [0.5, 0.6) is 0 Å². The van der Waals surface area contributed by atoms with E-state index in [0.29, 0.717) is 11.3 Å². The van der Waals surface area contributed by atoms with E-state index in [1.807, 2.05) is 0 Å². The highest BCUT2D eigenvalue weighted by Crippen LogP contribution is 2.29. The Morgan fingerprint density at radius 3 is 2.47 bits per heavy atom. The van der Waals surface area contributed by atoms with Gasteiger partial charge < -0.3 is 4.84 Å². The van der Waals surface area contributed by atoms with Gasteiger partial charge in [0.15, 0.2) is 0 Å². The molecule has 0 fully saturated rings. The van der Waals surface area contributed by atoms with E-state index in [4.69, 9.17) is 4.84 Å². The standard InChI is InChI=1S/C12H14F3NO/c1-8(2)17-16-9(3)10-5-4-6-11(7-10)12(13,14)15/h4-8H,1-3H3/b16-9+. The minimum Gasteiger partial charge on any atom is -0.393 e. The number of oxime groups is 1. The molecule has 0 N–H and O–H groups in total. The van der Waals surface area contributed by atoms with Gasteiger partial charge in [-0.05, 0) is 38.5 Å². The lowest BCUT2D eigenvalue weighted by Crippen LogP contribution is -2.07. The molecule has 17 heavy (non-hydrogen) atoms. The second-order valence-corrected chi connectivity index (χ2v) is 3.91. The van der Waals surface area contributed by atoms with Crippen LogP contribution in [0.25, 0.3) is 0 Å². The van der Waals surface area contributed by atoms with E-state index in [2.05, 4.69) is 5.16 Å². The number of hydrogen-bond donors (Lipinski definition) is 0. The van der Waals surface area contributed by atoms with Crippen LogP contribution in [0.1, 0.15) is 31.9 Å². The molecule has 2 nitrogen and oxygen atoms in total. The first-order valence-corrected chi connectivity index (χ1v) is 5.18. The molecule has 0 aliphatic rings. The molecule has 1 aromatic rings. The molecular weight excluding hydrogens is 231 g/mol. The van der Waals surface area contributed by atoms with Gasteiger partial charge in [-0.2, -0.15) is 13.2 Å². The lowest BCUT2D eigenvalue weighted by molar-refractivity contribution is -0.137. The van der Waals surface area contributed by atoms with Crippen LogP contribution in [0, 0.1) is 0 Å². The first-order valence-electron chi connectivity index (χ1n) is 5.18. The number of benzene rings is 1. The quantitative estimate of drug-likeness (QED) is 0.585. The average Bonchev–Trinajstić information content (AvgIpc) is 2.25. The maximum atomic E-state index is 12.5. The molecule has 0 spiro atoms. The second kappa shape index (κ2) is 5.21. The molecule has 0 bridgehead atoms. The normalized spacial score (nSPS) is 13.0. The number of halogens is 3. The SMILES string of the molecule is C/C(=N\OC(C)C)c1cccc(C(F)(F)F)c1. The number of alkyl halides is 3. The third kappa shape index (κ3) is 4.09. The fourth-order valence-electron chi connectivity index (χ4n) is 1.16. The fourth-order valence-corrected chi connectivity index (χ4v) is 1.16. The van der Waals surface area contributed by atoms with Gasteiger partial charge in [0.1, 0.15) is 6.10 Å². The van der Waals surface area contributed by atoms with Gasteiger partial charge in [-0.15, -0.1) is 0 Å². The highest BCUT2D eigenvalue weighted by molar-refractivity contribution is 5.98. The van der Waals surface area contributed by atoms with Crippen LogP contribution in [-0.2, 0) is 11.0 Å². The summed E-state index contributed by atoms with van der Waals surface area (Å²) in [5.74, 6) is 0. The summed E-state index contributed by atoms with van der Waals surface area (Å²) in [5.41, 5.74) is 0.138. The molecule has 1 aromatic carbocycles. The number of rotatable bonds is 3. The summed E-state index contributed by atoms with van der Waals surface area (Å²) in [5, 5.41) is 3.77. The highest BCUT2D eigenvalue weighted by Gasteiger charge is 2.30. The number of hydrogen-bond acceptors (Lipinski definition) is 2. The molecule has 1 rings (SSSR count). The Balaban J connectivity index is 2.96. The summed E-state index contributed by atoms with van der Waals surface area (Å²) in [6.07, 6.45) is -4.44. The predicted molar refractivity (Wildman–Crippen MR) is 59.9 cm³/mol. The van der Waals surface area contributed by atoms with Crippen molar-refractivity contribution in [1.82, 2.24) is 0 Å². The minimum absolute atomic E-state index is 0.101. The molecular formula is C12H14F3NO. The summed E-state index contributed by atoms with van der Waals surface area (Å²) in [6, 6.07) is 5.01. The molecule has 0 aliphatic carbocycles. The molecule has 5 heteroatoms. The van der Waals surface area contributed by atoms with E-state index in [9.17, 15) is 13.2 Å². The van der Waals surface area contributed by atoms with Crippen molar-refractivity contribution < 1.29 is 18.0 Å². The van der Waals surface area contributed by atoms with Crippen molar-refractivity contribution in [1.29, 1.82) is 0 Å². The van der Waals surface area contributed by atoms with Crippen LogP contribution in [0.3, 0.4) is 0 Å². The van der Waals surface area contributed by atoms with Crippen molar-refractivity contribution in [2.45, 2.75) is 33.1 Å². The van der Waals surface area contributed by atoms with E-state index in [1.54, 1.807) is 26.8 Å². The summed E-state index contributed by atoms with van der Waals surface area (Å²) in [4.78, 5) is 4.99. The van der Waals surface area contributed by atoms with Gasteiger partial charge in [0.25, 0.3) is 0 Å². The monoisotopic (exact) mass is 245 g/mol. The van der Waals surface area contributed by atoms with E-state index < -0.39 is 11.7 Å². The Hall–Kier alpha value is -1.52. The van der Waals surface area contributed by atoms with Crippen molar-refractivity contribution >= 4 is 5.71 Å². The summed E-state index contributed by atoms with van der Waals surface area (Å²) in [7, 11) is 0. The third-order valence-corrected chi connectivity index (χ3v) is 2.01. The predicted octanol–water partition coefficient (Wildman–Crippen LogP) is 3.85. The zero-order valence-corrected chi connectivity index (χ0v) is 9.88. The molecule has 0 amide bonds. The van der Waals surface area contributed by atoms with Gasteiger partial charge in [0.05, 0.1) is 11.3 Å². The van der Waals surface area contributed by atoms with Crippen LogP contribution in [0.4, 0.5) is 13.2 Å². The largest absolute Gasteiger partial charge is 0.416 e. The van der Waals surface area contributed by atoms with Crippen LogP contribution < -0.4 is 0 Å². The van der Waals surface area contributed by atoms with Crippen LogP contribution >= 0.6 is 0 Å². The van der Waals surface area contributed by atoms with E-state index >= 15 is 0 Å². The Labute approximate surface area is 98.1 Å². The maximum absolute atomic E-state index is 12.5. The van der Waals surface area contributed by atoms with Crippen molar-refractivity contribution in [2.24, 2.45) is 5.16 Å². The fraction of sp³-hybridized carbons (Fsp3) is 0.417. The minimum atomic E-state index is -4.34. The molecule has 0 heterocycles. The van der Waals surface area contributed by atoms with Crippen molar-refractivity contribution in [3.8, 4) is 0 Å². The summed E-state index contributed by atoms with van der Waals surface area (Å²) in [6.45, 7) is 5.20. The molecule has 0 saturated carbocycles. The molecule has 0 unspecified atom stereocenters. The zero-order chi connectivity index (χ0) is 13.1. The Morgan fingerprint density at radius 1 is 1.29 bits per heavy atom. The topological polar surface area (TPSA) is 21.6 Å². The van der Waals surface area contributed by atoms with Gasteiger partial charge in [-0.1, -0.05) is 17.3 Å². The van der Waals surface area contributed by atoms with Gasteiger partial charge in [-0.25, -0.2) is 0 Å². The molecule has 0 radical (unpaired) electrons. The molecule has 0 aromatic heterocycles. The van der Waals surface area contributed by atoms with E-state index in [1.165, 1.54) is 6.07 Å². The first-order chi connectivity index (χ1) is 7.80. The smallest absolute Gasteiger partial charge is 0.393 e. The Kier molecular flexibility index (Phi) is 4.15. The van der Waals surface area contributed by atoms with Crippen molar-refractivity contribution in [3.05, 3.63) is 35.4 Å². The maximum Gasteiger partial charge on any atom is 0.416 e. The van der Waals surface area contributed by atoms with Crippen molar-refractivity contribution in [3.63, 3.8) is 0 Å². The van der Waals surface area contributed by atoms with Gasteiger partial charge in [0, 0.05) is 0 Å². The van der Waals surface area contributed by atoms with Gasteiger partial charge in [-0.3, -0.25) is 0 Å². The lowest BCUT2D eigenvalue weighted by atomic mass is 10.1. The molecule has 0 atom stereocenters. The number of nitrogens with zero attached hydrogens (tertiary/aromatic N) is 1. The Bertz CT molecular complexity index is 410. The zero-order valence-electron chi connectivity index (χ0n) is 9.88. The van der Waals surface area contributed by atoms with Crippen LogP contribution in [0.15, 0.2) is 29.4 Å². The van der Waals surface area contributed by atoms with Crippen molar-refractivity contribution in [2.75, 3.05) is 0 Å². The van der Waals surface area contributed by atoms with Crippen LogP contribution in [-0.4, -0.2) is 11.8 Å². The first kappa shape index (κ1) is 13.5. The van der Waals surface area contributed by atoms with Gasteiger partial charge >= 0.3 is 6.18 Å². The van der Waals surface area contributed by atoms with E-state index in [-0.39, 0.29) is 6.10 Å².